The molecule has 0 rings (SSSR count). The Balaban J connectivity index is 0. The third kappa shape index (κ3) is 11.3. The fourth-order valence-electron chi connectivity index (χ4n) is 0.316. The maximum atomic E-state index is 9.98. The van der Waals surface area contributed by atoms with Gasteiger partial charge in [-0.2, -0.15) is 8.42 Å². The van der Waals surface area contributed by atoms with E-state index in [1.54, 1.807) is 0 Å². The summed E-state index contributed by atoms with van der Waals surface area (Å²) in [5, 5.41) is 0. The van der Waals surface area contributed by atoms with Gasteiger partial charge in [0.25, 0.3) is 0 Å². The van der Waals surface area contributed by atoms with Crippen molar-refractivity contribution in [2.75, 3.05) is 0 Å². The first-order valence-electron chi connectivity index (χ1n) is 2.39. The number of hydrogen-bond donors (Lipinski definition) is 1. The van der Waals surface area contributed by atoms with E-state index in [0.717, 1.165) is 0 Å². The van der Waals surface area contributed by atoms with Crippen LogP contribution in [0.1, 0.15) is 20.8 Å². The quantitative estimate of drug-likeness (QED) is 0.434. The second kappa shape index (κ2) is 3.74. The van der Waals surface area contributed by atoms with Crippen LogP contribution in [-0.2, 0) is 14.6 Å². The van der Waals surface area contributed by atoms with E-state index in [0.29, 0.717) is 0 Å². The number of hydrogen-bond acceptors (Lipinski definition) is 3. The topological polar surface area (TPSA) is 63.6 Å². The summed E-state index contributed by atoms with van der Waals surface area (Å²) in [5.74, 6) is 0. The molecule has 0 heterocycles. The molecule has 6 heteroatoms. The van der Waals surface area contributed by atoms with Crippen LogP contribution in [0.5, 0.6) is 0 Å². The van der Waals surface area contributed by atoms with Crippen LogP contribution in [0.25, 0.3) is 0 Å². The van der Waals surface area contributed by atoms with Gasteiger partial charge >= 0.3 is 29.3 Å². The summed E-state index contributed by atoms with van der Waals surface area (Å²) in [6.07, 6.45) is 0. The third-order valence-corrected chi connectivity index (χ3v) is 1.07. The van der Waals surface area contributed by atoms with Gasteiger partial charge in [0.1, 0.15) is 0 Å². The van der Waals surface area contributed by atoms with E-state index in [-0.39, 0.29) is 18.9 Å². The van der Waals surface area contributed by atoms with Crippen molar-refractivity contribution in [3.8, 4) is 0 Å². The zero-order valence-electron chi connectivity index (χ0n) is 5.58. The van der Waals surface area contributed by atoms with Gasteiger partial charge in [0.2, 0.25) is 0 Å². The Morgan fingerprint density at radius 3 is 1.60 bits per heavy atom. The molecule has 0 aliphatic rings. The maximum absolute atomic E-state index is 9.98. The molecule has 0 amide bonds. The molecule has 0 radical (unpaired) electrons. The van der Waals surface area contributed by atoms with E-state index in [9.17, 15) is 8.42 Å². The predicted molar refractivity (Wildman–Crippen MR) is 39.5 cm³/mol. The molecule has 0 spiro atoms. The first kappa shape index (κ1) is 13.1. The van der Waals surface area contributed by atoms with Crippen molar-refractivity contribution in [1.29, 1.82) is 0 Å². The zero-order valence-corrected chi connectivity index (χ0v) is 6.40. The van der Waals surface area contributed by atoms with Crippen molar-refractivity contribution in [3.63, 3.8) is 0 Å². The normalized spacial score (nSPS) is 12.4. The van der Waals surface area contributed by atoms with Gasteiger partial charge in [-0.25, -0.2) is 4.18 Å². The van der Waals surface area contributed by atoms with E-state index < -0.39 is 16.0 Å². The van der Waals surface area contributed by atoms with Crippen LogP contribution in [0, 0.1) is 0 Å². The fraction of sp³-hybridized carbons (Fsp3) is 1.00. The second-order valence-corrected chi connectivity index (χ2v) is 3.65. The van der Waals surface area contributed by atoms with E-state index in [2.05, 4.69) is 4.18 Å². The molecule has 0 saturated carbocycles. The summed E-state index contributed by atoms with van der Waals surface area (Å²) in [7, 11) is -4.28. The van der Waals surface area contributed by atoms with Crippen LogP contribution in [-0.4, -0.2) is 37.4 Å². The van der Waals surface area contributed by atoms with Crippen LogP contribution < -0.4 is 0 Å². The first-order chi connectivity index (χ1) is 3.71. The van der Waals surface area contributed by atoms with Crippen molar-refractivity contribution in [3.05, 3.63) is 0 Å². The van der Waals surface area contributed by atoms with E-state index in [4.69, 9.17) is 4.55 Å². The van der Waals surface area contributed by atoms with Crippen molar-refractivity contribution in [2.45, 2.75) is 26.4 Å². The molecule has 0 aromatic carbocycles. The fourth-order valence-corrected chi connectivity index (χ4v) is 0.948. The molecule has 10 heavy (non-hydrogen) atoms. The monoisotopic (exact) mass is 162 g/mol. The molecule has 4 nitrogen and oxygen atoms in total. The van der Waals surface area contributed by atoms with E-state index in [1.807, 2.05) is 0 Å². The van der Waals surface area contributed by atoms with E-state index in [1.165, 1.54) is 20.8 Å². The van der Waals surface area contributed by atoms with Gasteiger partial charge in [0.15, 0.2) is 0 Å². The Kier molecular flexibility index (Phi) is 4.90. The van der Waals surface area contributed by atoms with Crippen molar-refractivity contribution in [2.24, 2.45) is 0 Å². The van der Waals surface area contributed by atoms with Gasteiger partial charge in [-0.15, -0.1) is 0 Å². The Labute approximate surface area is 73.1 Å². The molecule has 0 atom stereocenters. The Hall–Kier alpha value is 0.467. The van der Waals surface area contributed by atoms with E-state index >= 15 is 0 Å². The SMILES string of the molecule is CC(C)(C)OS(=O)(=O)O.[LiH]. The van der Waals surface area contributed by atoms with Crippen LogP contribution in [0.4, 0.5) is 0 Å². The average Bonchev–Trinajstić information content (AvgIpc) is 1.14. The van der Waals surface area contributed by atoms with Crippen LogP contribution in [0.15, 0.2) is 0 Å². The molecule has 58 valence electrons. The van der Waals surface area contributed by atoms with Crippen LogP contribution in [0.3, 0.4) is 0 Å². The van der Waals surface area contributed by atoms with Gasteiger partial charge in [-0.3, -0.25) is 4.55 Å². The summed E-state index contributed by atoms with van der Waals surface area (Å²) in [4.78, 5) is 0. The van der Waals surface area contributed by atoms with Gasteiger partial charge in [0.05, 0.1) is 5.60 Å². The molecule has 1 N–H and O–H groups in total. The minimum absolute atomic E-state index is 0. The molecule has 0 fully saturated rings. The van der Waals surface area contributed by atoms with Gasteiger partial charge < -0.3 is 0 Å². The summed E-state index contributed by atoms with van der Waals surface area (Å²) < 4.78 is 32.2. The zero-order chi connectivity index (χ0) is 7.71. The summed E-state index contributed by atoms with van der Waals surface area (Å²) in [5.41, 5.74) is -0.854. The Morgan fingerprint density at radius 1 is 1.30 bits per heavy atom. The summed E-state index contributed by atoms with van der Waals surface area (Å²) in [6.45, 7) is 4.59. The number of rotatable bonds is 1. The minimum atomic E-state index is -4.28. The molecule has 0 bridgehead atoms. The second-order valence-electron chi connectivity index (χ2n) is 2.62. The van der Waals surface area contributed by atoms with Crippen molar-refractivity contribution in [1.82, 2.24) is 0 Å². The molecular formula is C4H11LiO4S. The summed E-state index contributed by atoms with van der Waals surface area (Å²) in [6, 6.07) is 0. The average molecular weight is 162 g/mol. The van der Waals surface area contributed by atoms with Crippen molar-refractivity contribution < 1.29 is 17.2 Å². The van der Waals surface area contributed by atoms with Crippen molar-refractivity contribution >= 4 is 29.3 Å². The molecule has 0 aliphatic carbocycles. The summed E-state index contributed by atoms with van der Waals surface area (Å²) >= 11 is 0. The van der Waals surface area contributed by atoms with Crippen LogP contribution >= 0.6 is 0 Å². The Bertz CT molecular complexity index is 178. The van der Waals surface area contributed by atoms with Gasteiger partial charge in [0, 0.05) is 0 Å². The molecule has 0 saturated heterocycles. The standard InChI is InChI=1S/C4H10O4S.Li.H/c1-4(2,3)8-9(5,6)7;;/h1-3H3,(H,5,6,7);;. The molecule has 0 aromatic rings. The molecule has 0 unspecified atom stereocenters. The predicted octanol–water partition coefficient (Wildman–Crippen LogP) is -0.0442. The molecule has 0 aliphatic heterocycles. The van der Waals surface area contributed by atoms with Gasteiger partial charge in [-0.1, -0.05) is 0 Å². The Morgan fingerprint density at radius 2 is 1.60 bits per heavy atom. The molecular weight excluding hydrogens is 151 g/mol. The van der Waals surface area contributed by atoms with Gasteiger partial charge in [-0.05, 0) is 20.8 Å². The third-order valence-electron chi connectivity index (χ3n) is 0.355. The molecule has 0 aromatic heterocycles. The first-order valence-corrected chi connectivity index (χ1v) is 3.75. The van der Waals surface area contributed by atoms with Crippen LogP contribution in [0.2, 0.25) is 0 Å².